The SMILES string of the molecule is N#CC(c1ccc2ccccc2c1)c1ncccn1. The van der Waals surface area contributed by atoms with Gasteiger partial charge < -0.3 is 0 Å². The molecule has 3 aromatic rings. The molecule has 0 aliphatic carbocycles. The summed E-state index contributed by atoms with van der Waals surface area (Å²) in [6, 6.07) is 18.1. The van der Waals surface area contributed by atoms with Crippen LogP contribution in [0.15, 0.2) is 60.9 Å². The Morgan fingerprint density at radius 2 is 1.63 bits per heavy atom. The molecule has 0 radical (unpaired) electrons. The van der Waals surface area contributed by atoms with Crippen molar-refractivity contribution in [1.82, 2.24) is 9.97 Å². The lowest BCUT2D eigenvalue weighted by atomic mass is 9.97. The quantitative estimate of drug-likeness (QED) is 0.696. The minimum absolute atomic E-state index is 0.425. The van der Waals surface area contributed by atoms with Gasteiger partial charge in [-0.25, -0.2) is 9.97 Å². The number of nitriles is 1. The first-order valence-corrected chi connectivity index (χ1v) is 6.04. The maximum atomic E-state index is 9.37. The monoisotopic (exact) mass is 245 g/mol. The molecule has 1 aromatic heterocycles. The van der Waals surface area contributed by atoms with E-state index < -0.39 is 5.92 Å². The number of nitrogens with zero attached hydrogens (tertiary/aromatic N) is 3. The van der Waals surface area contributed by atoms with Crippen LogP contribution in [0, 0.1) is 11.3 Å². The van der Waals surface area contributed by atoms with E-state index in [0.29, 0.717) is 5.82 Å². The molecule has 0 aliphatic heterocycles. The van der Waals surface area contributed by atoms with Gasteiger partial charge in [0.15, 0.2) is 0 Å². The van der Waals surface area contributed by atoms with Crippen molar-refractivity contribution in [2.45, 2.75) is 5.92 Å². The summed E-state index contributed by atoms with van der Waals surface area (Å²) in [4.78, 5) is 8.35. The maximum absolute atomic E-state index is 9.37. The molecule has 0 saturated heterocycles. The van der Waals surface area contributed by atoms with E-state index in [1.165, 1.54) is 0 Å². The minimum Gasteiger partial charge on any atom is -0.240 e. The van der Waals surface area contributed by atoms with E-state index in [1.807, 2.05) is 36.4 Å². The number of fused-ring (bicyclic) bond motifs is 1. The molecule has 19 heavy (non-hydrogen) atoms. The molecule has 0 amide bonds. The fraction of sp³-hybridized carbons (Fsp3) is 0.0625. The molecular weight excluding hydrogens is 234 g/mol. The lowest BCUT2D eigenvalue weighted by Crippen LogP contribution is -2.03. The van der Waals surface area contributed by atoms with Crippen molar-refractivity contribution in [3.8, 4) is 6.07 Å². The molecule has 3 rings (SSSR count). The number of rotatable bonds is 2. The van der Waals surface area contributed by atoms with Gasteiger partial charge in [-0.2, -0.15) is 5.26 Å². The van der Waals surface area contributed by atoms with E-state index in [9.17, 15) is 5.26 Å². The molecule has 1 unspecified atom stereocenters. The Hall–Kier alpha value is -2.73. The van der Waals surface area contributed by atoms with Crippen molar-refractivity contribution in [2.75, 3.05) is 0 Å². The summed E-state index contributed by atoms with van der Waals surface area (Å²) >= 11 is 0. The highest BCUT2D eigenvalue weighted by atomic mass is 14.9. The summed E-state index contributed by atoms with van der Waals surface area (Å²) in [6.45, 7) is 0. The van der Waals surface area contributed by atoms with Gasteiger partial charge in [0.05, 0.1) is 6.07 Å². The van der Waals surface area contributed by atoms with Crippen molar-refractivity contribution in [2.24, 2.45) is 0 Å². The number of hydrogen-bond donors (Lipinski definition) is 0. The molecule has 3 heteroatoms. The molecule has 0 N–H and O–H groups in total. The first kappa shape index (κ1) is 11.4. The summed E-state index contributed by atoms with van der Waals surface area (Å²) in [5.41, 5.74) is 0.924. The van der Waals surface area contributed by atoms with Crippen LogP contribution in [0.3, 0.4) is 0 Å². The molecule has 3 nitrogen and oxygen atoms in total. The Kier molecular flexibility index (Phi) is 2.91. The van der Waals surface area contributed by atoms with E-state index in [2.05, 4.69) is 22.1 Å². The fourth-order valence-corrected chi connectivity index (χ4v) is 2.13. The highest BCUT2D eigenvalue weighted by Crippen LogP contribution is 2.24. The van der Waals surface area contributed by atoms with Crippen LogP contribution in [0.25, 0.3) is 10.8 Å². The number of aromatic nitrogens is 2. The largest absolute Gasteiger partial charge is 0.240 e. The summed E-state index contributed by atoms with van der Waals surface area (Å²) in [7, 11) is 0. The molecule has 2 aromatic carbocycles. The first-order valence-electron chi connectivity index (χ1n) is 6.04. The molecule has 0 fully saturated rings. The third-order valence-corrected chi connectivity index (χ3v) is 3.08. The van der Waals surface area contributed by atoms with E-state index in [0.717, 1.165) is 16.3 Å². The third kappa shape index (κ3) is 2.16. The van der Waals surface area contributed by atoms with Gasteiger partial charge in [0, 0.05) is 12.4 Å². The number of benzene rings is 2. The van der Waals surface area contributed by atoms with Gasteiger partial charge in [-0.05, 0) is 28.5 Å². The fourth-order valence-electron chi connectivity index (χ4n) is 2.13. The lowest BCUT2D eigenvalue weighted by Gasteiger charge is -2.08. The van der Waals surface area contributed by atoms with Gasteiger partial charge in [-0.3, -0.25) is 0 Å². The number of hydrogen-bond acceptors (Lipinski definition) is 3. The smallest absolute Gasteiger partial charge is 0.149 e. The second-order valence-corrected chi connectivity index (χ2v) is 4.28. The molecule has 0 spiro atoms. The van der Waals surface area contributed by atoms with Crippen molar-refractivity contribution < 1.29 is 0 Å². The van der Waals surface area contributed by atoms with E-state index in [-0.39, 0.29) is 0 Å². The summed E-state index contributed by atoms with van der Waals surface area (Å²) in [6.07, 6.45) is 3.32. The maximum Gasteiger partial charge on any atom is 0.149 e. The average Bonchev–Trinajstić information content (AvgIpc) is 2.49. The van der Waals surface area contributed by atoms with E-state index in [4.69, 9.17) is 0 Å². The zero-order valence-electron chi connectivity index (χ0n) is 10.2. The van der Waals surface area contributed by atoms with Gasteiger partial charge in [-0.15, -0.1) is 0 Å². The Balaban J connectivity index is 2.10. The predicted molar refractivity (Wildman–Crippen MR) is 73.4 cm³/mol. The van der Waals surface area contributed by atoms with Crippen molar-refractivity contribution >= 4 is 10.8 Å². The van der Waals surface area contributed by atoms with Gasteiger partial charge in [-0.1, -0.05) is 36.4 Å². The summed E-state index contributed by atoms with van der Waals surface area (Å²) in [5.74, 6) is 0.117. The zero-order chi connectivity index (χ0) is 13.1. The van der Waals surface area contributed by atoms with Crippen LogP contribution < -0.4 is 0 Å². The predicted octanol–water partition coefficient (Wildman–Crippen LogP) is 3.29. The highest BCUT2D eigenvalue weighted by Gasteiger charge is 2.16. The average molecular weight is 245 g/mol. The van der Waals surface area contributed by atoms with Crippen molar-refractivity contribution in [3.63, 3.8) is 0 Å². The minimum atomic E-state index is -0.425. The van der Waals surface area contributed by atoms with Gasteiger partial charge in [0.25, 0.3) is 0 Å². The summed E-state index contributed by atoms with van der Waals surface area (Å²) in [5, 5.41) is 11.7. The van der Waals surface area contributed by atoms with Gasteiger partial charge in [0.2, 0.25) is 0 Å². The van der Waals surface area contributed by atoms with Crippen LogP contribution in [0.2, 0.25) is 0 Å². The molecular formula is C16H11N3. The van der Waals surface area contributed by atoms with Crippen molar-refractivity contribution in [3.05, 3.63) is 72.3 Å². The van der Waals surface area contributed by atoms with Crippen LogP contribution in [0.4, 0.5) is 0 Å². The zero-order valence-corrected chi connectivity index (χ0v) is 10.2. The first-order chi connectivity index (χ1) is 9.38. The second kappa shape index (κ2) is 4.87. The highest BCUT2D eigenvalue weighted by molar-refractivity contribution is 5.83. The van der Waals surface area contributed by atoms with E-state index in [1.54, 1.807) is 18.5 Å². The van der Waals surface area contributed by atoms with E-state index >= 15 is 0 Å². The Morgan fingerprint density at radius 3 is 2.37 bits per heavy atom. The van der Waals surface area contributed by atoms with Gasteiger partial charge >= 0.3 is 0 Å². The van der Waals surface area contributed by atoms with Crippen LogP contribution in [-0.4, -0.2) is 9.97 Å². The topological polar surface area (TPSA) is 49.6 Å². The molecule has 1 heterocycles. The summed E-state index contributed by atoms with van der Waals surface area (Å²) < 4.78 is 0. The molecule has 90 valence electrons. The van der Waals surface area contributed by atoms with Crippen LogP contribution in [0.1, 0.15) is 17.3 Å². The Morgan fingerprint density at radius 1 is 0.895 bits per heavy atom. The third-order valence-electron chi connectivity index (χ3n) is 3.08. The standard InChI is InChI=1S/C16H11N3/c17-11-15(16-18-8-3-9-19-16)14-7-6-12-4-1-2-5-13(12)10-14/h1-10,15H. The second-order valence-electron chi connectivity index (χ2n) is 4.28. The normalized spacial score (nSPS) is 11.9. The van der Waals surface area contributed by atoms with Crippen molar-refractivity contribution in [1.29, 1.82) is 5.26 Å². The van der Waals surface area contributed by atoms with Crippen LogP contribution in [-0.2, 0) is 0 Å². The molecule has 1 atom stereocenters. The Bertz CT molecular complexity index is 745. The van der Waals surface area contributed by atoms with Crippen LogP contribution >= 0.6 is 0 Å². The molecule has 0 saturated carbocycles. The Labute approximate surface area is 111 Å². The molecule has 0 bridgehead atoms. The van der Waals surface area contributed by atoms with Gasteiger partial charge in [0.1, 0.15) is 11.7 Å². The van der Waals surface area contributed by atoms with Crippen LogP contribution in [0.5, 0.6) is 0 Å². The lowest BCUT2D eigenvalue weighted by molar-refractivity contribution is 0.891. The molecule has 0 aliphatic rings.